The van der Waals surface area contributed by atoms with E-state index in [1.54, 1.807) is 50.6 Å². The number of benzene rings is 1. The number of nitrogens with zero attached hydrogens (tertiary/aromatic N) is 1. The first-order valence-corrected chi connectivity index (χ1v) is 9.11. The van der Waals surface area contributed by atoms with Crippen molar-refractivity contribution >= 4 is 28.3 Å². The predicted octanol–water partition coefficient (Wildman–Crippen LogP) is 2.14. The molecule has 1 atom stereocenters. The zero-order valence-electron chi connectivity index (χ0n) is 15.0. The van der Waals surface area contributed by atoms with Gasteiger partial charge in [-0.3, -0.25) is 9.59 Å². The summed E-state index contributed by atoms with van der Waals surface area (Å²) in [6, 6.07) is 7.00. The van der Waals surface area contributed by atoms with Crippen LogP contribution < -0.4 is 15.4 Å². The third kappa shape index (κ3) is 5.82. The Balaban J connectivity index is 1.81. The summed E-state index contributed by atoms with van der Waals surface area (Å²) in [4.78, 5) is 27.9. The van der Waals surface area contributed by atoms with Gasteiger partial charge in [0.2, 0.25) is 11.8 Å². The molecular formula is C18H23N3O4S. The summed E-state index contributed by atoms with van der Waals surface area (Å²) in [5.41, 5.74) is 1.27. The van der Waals surface area contributed by atoms with Crippen LogP contribution in [0, 0.1) is 5.92 Å². The minimum atomic E-state index is -0.804. The maximum atomic E-state index is 12.0. The lowest BCUT2D eigenvalue weighted by Gasteiger charge is -2.12. The molecule has 7 nitrogen and oxygen atoms in total. The number of ether oxygens (including phenoxy) is 1. The van der Waals surface area contributed by atoms with Crippen molar-refractivity contribution in [2.24, 2.45) is 5.92 Å². The maximum Gasteiger partial charge on any atom is 0.228 e. The Labute approximate surface area is 156 Å². The van der Waals surface area contributed by atoms with E-state index >= 15 is 0 Å². The van der Waals surface area contributed by atoms with E-state index in [9.17, 15) is 14.7 Å². The minimum absolute atomic E-state index is 0.0867. The molecule has 3 N–H and O–H groups in total. The molecule has 0 spiro atoms. The van der Waals surface area contributed by atoms with Gasteiger partial charge in [0.1, 0.15) is 5.75 Å². The molecule has 2 amide bonds. The first-order valence-electron chi connectivity index (χ1n) is 8.23. The molecule has 2 rings (SSSR count). The molecular weight excluding hydrogens is 354 g/mol. The molecule has 8 heteroatoms. The predicted molar refractivity (Wildman–Crippen MR) is 100 cm³/mol. The molecule has 0 fully saturated rings. The van der Waals surface area contributed by atoms with Crippen molar-refractivity contribution in [3.63, 3.8) is 0 Å². The van der Waals surface area contributed by atoms with Crippen molar-refractivity contribution in [2.75, 3.05) is 19.0 Å². The number of aliphatic hydroxyl groups excluding tert-OH is 1. The van der Waals surface area contributed by atoms with E-state index in [2.05, 4.69) is 15.6 Å². The van der Waals surface area contributed by atoms with Crippen LogP contribution in [-0.2, 0) is 16.0 Å². The molecule has 2 aromatic rings. The lowest BCUT2D eigenvalue weighted by molar-refractivity contribution is -0.121. The Bertz CT molecular complexity index is 743. The molecule has 1 aromatic carbocycles. The largest absolute Gasteiger partial charge is 0.497 e. The summed E-state index contributed by atoms with van der Waals surface area (Å²) in [7, 11) is 1.57. The van der Waals surface area contributed by atoms with Crippen LogP contribution in [0.15, 0.2) is 29.6 Å². The maximum absolute atomic E-state index is 12.0. The van der Waals surface area contributed by atoms with Crippen molar-refractivity contribution in [3.8, 4) is 5.75 Å². The van der Waals surface area contributed by atoms with Gasteiger partial charge in [0, 0.05) is 17.8 Å². The highest BCUT2D eigenvalue weighted by atomic mass is 32.1. The van der Waals surface area contributed by atoms with Gasteiger partial charge >= 0.3 is 0 Å². The van der Waals surface area contributed by atoms with Crippen molar-refractivity contribution in [1.82, 2.24) is 10.3 Å². The summed E-state index contributed by atoms with van der Waals surface area (Å²) in [5.74, 6) is 0.210. The van der Waals surface area contributed by atoms with Crippen LogP contribution in [-0.4, -0.2) is 35.6 Å². The van der Waals surface area contributed by atoms with Gasteiger partial charge in [-0.15, -0.1) is 11.3 Å². The second kappa shape index (κ2) is 9.30. The molecule has 1 heterocycles. The second-order valence-electron chi connectivity index (χ2n) is 6.06. The van der Waals surface area contributed by atoms with Gasteiger partial charge in [-0.2, -0.15) is 0 Å². The van der Waals surface area contributed by atoms with Crippen molar-refractivity contribution in [3.05, 3.63) is 40.9 Å². The standard InChI is InChI=1S/C18H23N3O4S/c1-11(2)17(24)21-18-20-13(10-26-18)8-16(23)19-9-15(22)12-4-6-14(25-3)7-5-12/h4-7,10-11,15,22H,8-9H2,1-3H3,(H,19,23)(H,20,21,24). The van der Waals surface area contributed by atoms with Crippen LogP contribution in [0.25, 0.3) is 0 Å². The van der Waals surface area contributed by atoms with Crippen LogP contribution in [0.2, 0.25) is 0 Å². The Morgan fingerprint density at radius 2 is 1.96 bits per heavy atom. The molecule has 0 aliphatic carbocycles. The smallest absolute Gasteiger partial charge is 0.228 e. The van der Waals surface area contributed by atoms with E-state index in [0.29, 0.717) is 22.1 Å². The van der Waals surface area contributed by atoms with E-state index in [4.69, 9.17) is 4.74 Å². The second-order valence-corrected chi connectivity index (χ2v) is 6.92. The van der Waals surface area contributed by atoms with E-state index in [0.717, 1.165) is 0 Å². The number of hydrogen-bond acceptors (Lipinski definition) is 6. The number of methoxy groups -OCH3 is 1. The summed E-state index contributed by atoms with van der Waals surface area (Å²) >= 11 is 1.28. The lowest BCUT2D eigenvalue weighted by atomic mass is 10.1. The van der Waals surface area contributed by atoms with Gasteiger partial charge < -0.3 is 20.5 Å². The number of carbonyl (C=O) groups is 2. The SMILES string of the molecule is COc1ccc(C(O)CNC(=O)Cc2csc(NC(=O)C(C)C)n2)cc1. The number of rotatable bonds is 8. The average molecular weight is 377 g/mol. The van der Waals surface area contributed by atoms with Crippen molar-refractivity contribution in [2.45, 2.75) is 26.4 Å². The number of amides is 2. The molecule has 0 saturated carbocycles. The Hall–Kier alpha value is -2.45. The van der Waals surface area contributed by atoms with E-state index < -0.39 is 6.10 Å². The van der Waals surface area contributed by atoms with E-state index in [1.165, 1.54) is 11.3 Å². The molecule has 0 radical (unpaired) electrons. The zero-order valence-corrected chi connectivity index (χ0v) is 15.8. The summed E-state index contributed by atoms with van der Waals surface area (Å²) in [6.07, 6.45) is -0.718. The number of nitrogens with one attached hydrogen (secondary N) is 2. The van der Waals surface area contributed by atoms with Crippen LogP contribution in [0.4, 0.5) is 5.13 Å². The fraction of sp³-hybridized carbons (Fsp3) is 0.389. The van der Waals surface area contributed by atoms with Gasteiger partial charge in [0.25, 0.3) is 0 Å². The number of thiazole rings is 1. The average Bonchev–Trinajstić information content (AvgIpc) is 3.06. The van der Waals surface area contributed by atoms with Crippen LogP contribution in [0.1, 0.15) is 31.2 Å². The van der Waals surface area contributed by atoms with Gasteiger partial charge in [0.15, 0.2) is 5.13 Å². The van der Waals surface area contributed by atoms with E-state index in [1.807, 2.05) is 0 Å². The molecule has 0 aliphatic heterocycles. The third-order valence-corrected chi connectivity index (χ3v) is 4.45. The number of anilines is 1. The molecule has 140 valence electrons. The zero-order chi connectivity index (χ0) is 19.1. The number of carbonyl (C=O) groups excluding carboxylic acids is 2. The Morgan fingerprint density at radius 1 is 1.27 bits per heavy atom. The molecule has 1 aromatic heterocycles. The highest BCUT2D eigenvalue weighted by Gasteiger charge is 2.13. The van der Waals surface area contributed by atoms with Crippen molar-refractivity contribution in [1.29, 1.82) is 0 Å². The third-order valence-electron chi connectivity index (χ3n) is 3.64. The Kier molecular flexibility index (Phi) is 7.11. The summed E-state index contributed by atoms with van der Waals surface area (Å²) < 4.78 is 5.07. The number of hydrogen-bond donors (Lipinski definition) is 3. The fourth-order valence-electron chi connectivity index (χ4n) is 2.08. The summed E-state index contributed by atoms with van der Waals surface area (Å²) in [5, 5.41) is 17.7. The molecule has 0 bridgehead atoms. The molecule has 0 aliphatic rings. The van der Waals surface area contributed by atoms with Crippen LogP contribution in [0.3, 0.4) is 0 Å². The molecule has 0 saturated heterocycles. The van der Waals surface area contributed by atoms with Gasteiger partial charge in [-0.05, 0) is 17.7 Å². The number of aromatic nitrogens is 1. The Morgan fingerprint density at radius 3 is 2.58 bits per heavy atom. The number of aliphatic hydroxyl groups is 1. The highest BCUT2D eigenvalue weighted by molar-refractivity contribution is 7.13. The minimum Gasteiger partial charge on any atom is -0.497 e. The normalized spacial score (nSPS) is 11.9. The fourth-order valence-corrected chi connectivity index (χ4v) is 2.79. The molecule has 1 unspecified atom stereocenters. The van der Waals surface area contributed by atoms with Crippen molar-refractivity contribution < 1.29 is 19.4 Å². The quantitative estimate of drug-likeness (QED) is 0.654. The lowest BCUT2D eigenvalue weighted by Crippen LogP contribution is -2.29. The van der Waals surface area contributed by atoms with Gasteiger partial charge in [-0.25, -0.2) is 4.98 Å². The van der Waals surface area contributed by atoms with Crippen LogP contribution in [0.5, 0.6) is 5.75 Å². The monoisotopic (exact) mass is 377 g/mol. The van der Waals surface area contributed by atoms with E-state index in [-0.39, 0.29) is 30.7 Å². The first kappa shape index (κ1) is 19.9. The van der Waals surface area contributed by atoms with Gasteiger partial charge in [0.05, 0.1) is 25.3 Å². The summed E-state index contributed by atoms with van der Waals surface area (Å²) in [6.45, 7) is 3.70. The first-order chi connectivity index (χ1) is 12.4. The highest BCUT2D eigenvalue weighted by Crippen LogP contribution is 2.18. The van der Waals surface area contributed by atoms with Crippen LogP contribution >= 0.6 is 11.3 Å². The molecule has 26 heavy (non-hydrogen) atoms. The van der Waals surface area contributed by atoms with Gasteiger partial charge in [-0.1, -0.05) is 26.0 Å². The topological polar surface area (TPSA) is 101 Å².